The molecule has 0 aliphatic carbocycles. The van der Waals surface area contributed by atoms with E-state index in [1.165, 1.54) is 7.11 Å². The molecule has 0 spiro atoms. The first kappa shape index (κ1) is 17.3. The van der Waals surface area contributed by atoms with Crippen molar-refractivity contribution < 1.29 is 9.53 Å². The maximum atomic E-state index is 11.4. The maximum absolute atomic E-state index is 11.4. The lowest BCUT2D eigenvalue weighted by atomic mass is 9.95. The van der Waals surface area contributed by atoms with Crippen molar-refractivity contribution in [3.05, 3.63) is 72.6 Å². The first-order chi connectivity index (χ1) is 13.7. The van der Waals surface area contributed by atoms with Crippen LogP contribution < -0.4 is 5.32 Å². The summed E-state index contributed by atoms with van der Waals surface area (Å²) in [6.45, 7) is 0. The van der Waals surface area contributed by atoms with Gasteiger partial charge in [0.05, 0.1) is 36.1 Å². The Hall–Kier alpha value is -4.11. The van der Waals surface area contributed by atoms with E-state index >= 15 is 0 Å². The standard InChI is InChI=1S/C22H16N4O2/c1-28-22(27)26-17-8-6-16(7-9-17)21-20(15-4-2-14(12-23)3-5-15)18-10-11-24-19(18)13-25-21/h2-11,13,24H,1H3,(H,26,27). The summed E-state index contributed by atoms with van der Waals surface area (Å²) in [4.78, 5) is 19.2. The number of nitrogens with zero attached hydrogens (tertiary/aromatic N) is 2. The largest absolute Gasteiger partial charge is 0.453 e. The molecule has 0 bridgehead atoms. The summed E-state index contributed by atoms with van der Waals surface area (Å²) in [6.07, 6.45) is 3.17. The van der Waals surface area contributed by atoms with Gasteiger partial charge in [0.25, 0.3) is 0 Å². The first-order valence-electron chi connectivity index (χ1n) is 8.61. The number of carbonyl (C=O) groups excluding carboxylic acids is 1. The summed E-state index contributed by atoms with van der Waals surface area (Å²) < 4.78 is 4.62. The highest BCUT2D eigenvalue weighted by Gasteiger charge is 2.14. The Morgan fingerprint density at radius 2 is 1.79 bits per heavy atom. The van der Waals surface area contributed by atoms with Crippen LogP contribution in [0.3, 0.4) is 0 Å². The van der Waals surface area contributed by atoms with Gasteiger partial charge in [-0.1, -0.05) is 24.3 Å². The first-order valence-corrected chi connectivity index (χ1v) is 8.61. The lowest BCUT2D eigenvalue weighted by molar-refractivity contribution is 0.187. The van der Waals surface area contributed by atoms with Gasteiger partial charge in [-0.3, -0.25) is 10.3 Å². The fourth-order valence-electron chi connectivity index (χ4n) is 3.13. The van der Waals surface area contributed by atoms with Crippen molar-refractivity contribution in [2.45, 2.75) is 0 Å². The van der Waals surface area contributed by atoms with E-state index in [-0.39, 0.29) is 0 Å². The molecule has 0 atom stereocenters. The van der Waals surface area contributed by atoms with Gasteiger partial charge in [0.15, 0.2) is 0 Å². The molecule has 0 radical (unpaired) electrons. The Labute approximate surface area is 161 Å². The third-order valence-electron chi connectivity index (χ3n) is 4.50. The topological polar surface area (TPSA) is 90.8 Å². The Balaban J connectivity index is 1.83. The van der Waals surface area contributed by atoms with Crippen LogP contribution in [0.15, 0.2) is 67.0 Å². The highest BCUT2D eigenvalue weighted by molar-refractivity contribution is 6.01. The van der Waals surface area contributed by atoms with E-state index in [2.05, 4.69) is 26.1 Å². The van der Waals surface area contributed by atoms with Gasteiger partial charge in [0.1, 0.15) is 0 Å². The summed E-state index contributed by atoms with van der Waals surface area (Å²) in [5.74, 6) is 0. The minimum Gasteiger partial charge on any atom is -0.453 e. The number of methoxy groups -OCH3 is 1. The van der Waals surface area contributed by atoms with Crippen LogP contribution in [0.25, 0.3) is 33.3 Å². The molecule has 0 unspecified atom stereocenters. The smallest absolute Gasteiger partial charge is 0.411 e. The number of aromatic nitrogens is 2. The van der Waals surface area contributed by atoms with Gasteiger partial charge in [-0.15, -0.1) is 0 Å². The highest BCUT2D eigenvalue weighted by atomic mass is 16.5. The van der Waals surface area contributed by atoms with E-state index in [1.54, 1.807) is 30.5 Å². The Bertz CT molecular complexity index is 1190. The molecule has 2 aromatic heterocycles. The molecule has 28 heavy (non-hydrogen) atoms. The van der Waals surface area contributed by atoms with Crippen molar-refractivity contribution in [2.24, 2.45) is 0 Å². The minimum absolute atomic E-state index is 0.516. The number of anilines is 1. The zero-order valence-corrected chi connectivity index (χ0v) is 15.1. The predicted octanol–water partition coefficient (Wildman–Crippen LogP) is 4.95. The van der Waals surface area contributed by atoms with Crippen LogP contribution in [0.2, 0.25) is 0 Å². The molecular formula is C22H16N4O2. The van der Waals surface area contributed by atoms with Crippen LogP contribution >= 0.6 is 0 Å². The molecule has 2 N–H and O–H groups in total. The fourth-order valence-corrected chi connectivity index (χ4v) is 3.13. The molecule has 0 saturated carbocycles. The third kappa shape index (κ3) is 3.17. The average molecular weight is 368 g/mol. The maximum Gasteiger partial charge on any atom is 0.411 e. The number of hydrogen-bond donors (Lipinski definition) is 2. The van der Waals surface area contributed by atoms with Crippen molar-refractivity contribution in [2.75, 3.05) is 12.4 Å². The van der Waals surface area contributed by atoms with Gasteiger partial charge in [-0.2, -0.15) is 5.26 Å². The molecule has 4 rings (SSSR count). The minimum atomic E-state index is -0.516. The molecule has 2 aromatic carbocycles. The van der Waals surface area contributed by atoms with E-state index in [0.717, 1.165) is 33.3 Å². The Morgan fingerprint density at radius 3 is 2.46 bits per heavy atom. The van der Waals surface area contributed by atoms with E-state index in [4.69, 9.17) is 5.26 Å². The van der Waals surface area contributed by atoms with Crippen molar-refractivity contribution in [3.8, 4) is 28.5 Å². The zero-order valence-electron chi connectivity index (χ0n) is 15.1. The quantitative estimate of drug-likeness (QED) is 0.535. The number of fused-ring (bicyclic) bond motifs is 1. The number of aromatic amines is 1. The molecule has 0 aliphatic heterocycles. The predicted molar refractivity (Wildman–Crippen MR) is 108 cm³/mol. The summed E-state index contributed by atoms with van der Waals surface area (Å²) >= 11 is 0. The number of carbonyl (C=O) groups is 1. The van der Waals surface area contributed by atoms with Crippen molar-refractivity contribution >= 4 is 22.7 Å². The van der Waals surface area contributed by atoms with Gasteiger partial charge >= 0.3 is 6.09 Å². The van der Waals surface area contributed by atoms with Gasteiger partial charge < -0.3 is 9.72 Å². The second-order valence-corrected chi connectivity index (χ2v) is 6.17. The molecule has 6 nitrogen and oxygen atoms in total. The third-order valence-corrected chi connectivity index (χ3v) is 4.50. The Morgan fingerprint density at radius 1 is 1.07 bits per heavy atom. The lowest BCUT2D eigenvalue weighted by Gasteiger charge is -2.12. The van der Waals surface area contributed by atoms with Gasteiger partial charge in [0.2, 0.25) is 0 Å². The number of nitriles is 1. The van der Waals surface area contributed by atoms with E-state index in [9.17, 15) is 4.79 Å². The number of H-pyrrole nitrogens is 1. The summed E-state index contributed by atoms with van der Waals surface area (Å²) in [7, 11) is 1.32. The van der Waals surface area contributed by atoms with Crippen molar-refractivity contribution in [1.29, 1.82) is 5.26 Å². The van der Waals surface area contributed by atoms with Crippen molar-refractivity contribution in [3.63, 3.8) is 0 Å². The van der Waals surface area contributed by atoms with E-state index in [0.29, 0.717) is 11.3 Å². The highest BCUT2D eigenvalue weighted by Crippen LogP contribution is 2.36. The lowest BCUT2D eigenvalue weighted by Crippen LogP contribution is -2.10. The van der Waals surface area contributed by atoms with Crippen LogP contribution in [0, 0.1) is 11.3 Å². The summed E-state index contributed by atoms with van der Waals surface area (Å²) in [6, 6.07) is 19.0. The number of nitrogens with one attached hydrogen (secondary N) is 2. The van der Waals surface area contributed by atoms with Gasteiger partial charge in [0, 0.05) is 28.4 Å². The van der Waals surface area contributed by atoms with Crippen molar-refractivity contribution in [1.82, 2.24) is 9.97 Å². The fraction of sp³-hybridized carbons (Fsp3) is 0.0455. The Kier molecular flexibility index (Phi) is 4.48. The van der Waals surface area contributed by atoms with E-state index < -0.39 is 6.09 Å². The molecule has 0 aliphatic rings. The number of rotatable bonds is 3. The second kappa shape index (κ2) is 7.25. The number of benzene rings is 2. The average Bonchev–Trinajstić information content (AvgIpc) is 3.22. The molecule has 136 valence electrons. The van der Waals surface area contributed by atoms with Crippen LogP contribution in [0.4, 0.5) is 10.5 Å². The summed E-state index contributed by atoms with van der Waals surface area (Å²) in [5, 5.41) is 12.8. The summed E-state index contributed by atoms with van der Waals surface area (Å²) in [5.41, 5.74) is 5.88. The molecule has 0 saturated heterocycles. The number of pyridine rings is 1. The van der Waals surface area contributed by atoms with Crippen LogP contribution in [0.5, 0.6) is 0 Å². The number of amides is 1. The van der Waals surface area contributed by atoms with Crippen LogP contribution in [0.1, 0.15) is 5.56 Å². The normalized spacial score (nSPS) is 10.4. The molecule has 6 heteroatoms. The van der Waals surface area contributed by atoms with Crippen LogP contribution in [-0.4, -0.2) is 23.2 Å². The van der Waals surface area contributed by atoms with E-state index in [1.807, 2.05) is 36.5 Å². The molecule has 4 aromatic rings. The van der Waals surface area contributed by atoms with Gasteiger partial charge in [-0.25, -0.2) is 4.79 Å². The molecule has 1 amide bonds. The number of hydrogen-bond acceptors (Lipinski definition) is 4. The SMILES string of the molecule is COC(=O)Nc1ccc(-c2ncc3[nH]ccc3c2-c2ccc(C#N)cc2)cc1. The monoisotopic (exact) mass is 368 g/mol. The van der Waals surface area contributed by atoms with Gasteiger partial charge in [-0.05, 0) is 35.9 Å². The molecular weight excluding hydrogens is 352 g/mol. The second-order valence-electron chi connectivity index (χ2n) is 6.17. The molecule has 2 heterocycles. The number of ether oxygens (including phenoxy) is 1. The molecule has 0 fully saturated rings. The van der Waals surface area contributed by atoms with Crippen LogP contribution in [-0.2, 0) is 4.74 Å². The zero-order chi connectivity index (χ0) is 19.5.